The van der Waals surface area contributed by atoms with Gasteiger partial charge in [-0.1, -0.05) is 204 Å². The van der Waals surface area contributed by atoms with Crippen molar-refractivity contribution in [1.29, 1.82) is 0 Å². The molecule has 9 aromatic carbocycles. The van der Waals surface area contributed by atoms with Gasteiger partial charge in [0.05, 0.1) is 22.6 Å². The Morgan fingerprint density at radius 2 is 1.01 bits per heavy atom. The summed E-state index contributed by atoms with van der Waals surface area (Å²) in [5.41, 5.74) is 25.7. The number of anilines is 8. The number of hydrogen-bond acceptors (Lipinski definition) is 5. The minimum absolute atomic E-state index is 0.00169. The van der Waals surface area contributed by atoms with Crippen molar-refractivity contribution in [2.75, 3.05) is 14.7 Å². The highest BCUT2D eigenvalue weighted by Crippen LogP contribution is 2.63. The molecule has 84 heavy (non-hydrogen) atoms. The van der Waals surface area contributed by atoms with Crippen LogP contribution in [0.2, 0.25) is 0 Å². The van der Waals surface area contributed by atoms with Crippen LogP contribution in [0.5, 0.6) is 0 Å². The van der Waals surface area contributed by atoms with E-state index in [1.54, 1.807) is 0 Å². The molecule has 0 amide bonds. The molecule has 11 aromatic rings. The molecule has 1 fully saturated rings. The first kappa shape index (κ1) is 51.7. The van der Waals surface area contributed by atoms with E-state index in [-0.39, 0.29) is 39.3 Å². The summed E-state index contributed by atoms with van der Waals surface area (Å²) in [6.07, 6.45) is 6.84. The molecule has 2 aliphatic carbocycles. The van der Waals surface area contributed by atoms with Crippen LogP contribution in [0.1, 0.15) is 149 Å². The molecule has 5 nitrogen and oxygen atoms in total. The Kier molecular flexibility index (Phi) is 10.7. The average molecular weight is 1100 g/mol. The summed E-state index contributed by atoms with van der Waals surface area (Å²) in [5, 5.41) is 4.50. The lowest BCUT2D eigenvalue weighted by Gasteiger charge is -2.51. The van der Waals surface area contributed by atoms with Gasteiger partial charge in [0.15, 0.2) is 11.2 Å². The van der Waals surface area contributed by atoms with Gasteiger partial charge in [-0.25, -0.2) is 0 Å². The van der Waals surface area contributed by atoms with Crippen LogP contribution in [-0.4, -0.2) is 12.3 Å². The first-order valence-electron chi connectivity index (χ1n) is 31.1. The molecule has 16 rings (SSSR count). The number of fused-ring (bicyclic) bond motifs is 15. The van der Waals surface area contributed by atoms with Crippen LogP contribution in [0, 0.1) is 0 Å². The number of nitrogens with zero attached hydrogens (tertiary/aromatic N) is 3. The lowest BCUT2D eigenvalue weighted by Crippen LogP contribution is -2.62. The van der Waals surface area contributed by atoms with Crippen molar-refractivity contribution >= 4 is 112 Å². The van der Waals surface area contributed by atoms with Gasteiger partial charge in [-0.3, -0.25) is 0 Å². The zero-order chi connectivity index (χ0) is 57.8. The fourth-order valence-corrected chi connectivity index (χ4v) is 16.5. The van der Waals surface area contributed by atoms with Crippen molar-refractivity contribution in [3.05, 3.63) is 198 Å². The lowest BCUT2D eigenvalue weighted by atomic mass is 9.33. The molecule has 0 spiro atoms. The maximum Gasteiger partial charge on any atom is 0.252 e. The van der Waals surface area contributed by atoms with E-state index in [4.69, 9.17) is 8.83 Å². The van der Waals surface area contributed by atoms with Gasteiger partial charge in [0.2, 0.25) is 0 Å². The van der Waals surface area contributed by atoms with Crippen molar-refractivity contribution in [3.63, 3.8) is 0 Å². The first-order chi connectivity index (χ1) is 40.1. The number of rotatable bonds is 4. The molecule has 2 unspecified atom stereocenters. The van der Waals surface area contributed by atoms with E-state index in [0.717, 1.165) is 86.6 Å². The van der Waals surface area contributed by atoms with Crippen molar-refractivity contribution in [2.45, 2.75) is 154 Å². The molecule has 5 heterocycles. The van der Waals surface area contributed by atoms with Gasteiger partial charge in [-0.05, 0) is 159 Å². The molecule has 418 valence electrons. The van der Waals surface area contributed by atoms with E-state index in [1.165, 1.54) is 96.6 Å². The summed E-state index contributed by atoms with van der Waals surface area (Å²) in [6.45, 7) is 29.0. The van der Waals surface area contributed by atoms with Gasteiger partial charge in [0.25, 0.3) is 6.71 Å². The van der Waals surface area contributed by atoms with E-state index in [0.29, 0.717) is 0 Å². The number of benzene rings is 9. The van der Waals surface area contributed by atoms with Crippen LogP contribution in [0.3, 0.4) is 0 Å². The third kappa shape index (κ3) is 7.09. The molecule has 0 bridgehead atoms. The molecule has 6 heteroatoms. The number of para-hydroxylation sites is 3. The fourth-order valence-electron chi connectivity index (χ4n) is 16.5. The van der Waals surface area contributed by atoms with Gasteiger partial charge in [-0.2, -0.15) is 0 Å². The van der Waals surface area contributed by atoms with Crippen molar-refractivity contribution < 1.29 is 8.83 Å². The summed E-state index contributed by atoms with van der Waals surface area (Å²) >= 11 is 0. The molecular weight excluding hydrogens is 1020 g/mol. The Hall–Kier alpha value is -7.96. The molecular formula is C78H76BN3O2. The molecule has 0 N–H and O–H groups in total. The van der Waals surface area contributed by atoms with Gasteiger partial charge < -0.3 is 23.5 Å². The first-order valence-corrected chi connectivity index (χ1v) is 31.1. The second-order valence-electron chi connectivity index (χ2n) is 29.4. The Labute approximate surface area is 496 Å². The quantitative estimate of drug-likeness (QED) is 0.164. The molecule has 2 atom stereocenters. The summed E-state index contributed by atoms with van der Waals surface area (Å²) in [4.78, 5) is 8.14. The predicted molar refractivity (Wildman–Crippen MR) is 356 cm³/mol. The van der Waals surface area contributed by atoms with E-state index < -0.39 is 0 Å². The predicted octanol–water partition coefficient (Wildman–Crippen LogP) is 19.9. The van der Waals surface area contributed by atoms with Crippen LogP contribution in [0.15, 0.2) is 179 Å². The van der Waals surface area contributed by atoms with E-state index >= 15 is 0 Å². The van der Waals surface area contributed by atoms with Gasteiger partial charge in [0, 0.05) is 61.0 Å². The van der Waals surface area contributed by atoms with Crippen LogP contribution in [0.4, 0.5) is 45.5 Å². The molecule has 0 radical (unpaired) electrons. The van der Waals surface area contributed by atoms with E-state index in [1.807, 2.05) is 0 Å². The minimum Gasteiger partial charge on any atom is -0.454 e. The summed E-state index contributed by atoms with van der Waals surface area (Å²) in [5.74, 6) is 0. The molecule has 0 saturated heterocycles. The second-order valence-corrected chi connectivity index (χ2v) is 29.4. The summed E-state index contributed by atoms with van der Waals surface area (Å²) in [7, 11) is 0. The van der Waals surface area contributed by atoms with Crippen LogP contribution >= 0.6 is 0 Å². The zero-order valence-electron chi connectivity index (χ0n) is 51.1. The molecule has 2 aromatic heterocycles. The van der Waals surface area contributed by atoms with Crippen molar-refractivity contribution in [1.82, 2.24) is 0 Å². The van der Waals surface area contributed by atoms with Crippen LogP contribution < -0.4 is 31.1 Å². The fraction of sp³-hybridized carbons (Fsp3) is 0.308. The second kappa shape index (κ2) is 17.3. The highest BCUT2D eigenvalue weighted by Gasteiger charge is 2.59. The average Bonchev–Trinajstić information content (AvgIpc) is 1.18. The normalized spacial score (nSPS) is 20.3. The Morgan fingerprint density at radius 3 is 1.70 bits per heavy atom. The summed E-state index contributed by atoms with van der Waals surface area (Å²) < 4.78 is 14.6. The van der Waals surface area contributed by atoms with Crippen molar-refractivity contribution in [2.24, 2.45) is 0 Å². The van der Waals surface area contributed by atoms with Crippen LogP contribution in [-0.2, 0) is 27.1 Å². The topological polar surface area (TPSA) is 36.0 Å². The third-order valence-electron chi connectivity index (χ3n) is 21.6. The Morgan fingerprint density at radius 1 is 0.429 bits per heavy atom. The minimum atomic E-state index is -0.234. The standard InChI is InChI=1S/C78H76BN3O2/c1-73(2,3)48-31-35-61(55(41-48)47-23-14-13-15-24-47)81-66-44-50(82-62-36-32-49(74(4,5)6)42-58(62)77(11)37-20-21-38-78(77,82)12)43-65-69(66)79(59-34-33-54-52-26-17-19-30-68(52)84-72(54)70(59)81)60-45-56-57(76(9,10)40-39-75(56,7)8)46-64(60)80(65)63-28-22-27-53-51-25-16-18-29-67(51)83-71(53)63/h13-19,22-36,41-46H,20-21,37-40H2,1-12H3. The lowest BCUT2D eigenvalue weighted by molar-refractivity contribution is 0.195. The Bertz CT molecular complexity index is 4600. The van der Waals surface area contributed by atoms with Crippen molar-refractivity contribution in [3.8, 4) is 11.1 Å². The van der Waals surface area contributed by atoms with Crippen LogP contribution in [0.25, 0.3) is 55.0 Å². The third-order valence-corrected chi connectivity index (χ3v) is 21.6. The van der Waals surface area contributed by atoms with Gasteiger partial charge in [0.1, 0.15) is 11.2 Å². The van der Waals surface area contributed by atoms with Gasteiger partial charge in [-0.15, -0.1) is 0 Å². The monoisotopic (exact) mass is 1100 g/mol. The van der Waals surface area contributed by atoms with E-state index in [9.17, 15) is 0 Å². The van der Waals surface area contributed by atoms with Gasteiger partial charge >= 0.3 is 0 Å². The molecule has 5 aliphatic rings. The zero-order valence-corrected chi connectivity index (χ0v) is 51.1. The maximum atomic E-state index is 7.43. The maximum absolute atomic E-state index is 7.43. The number of hydrogen-bond donors (Lipinski definition) is 0. The largest absolute Gasteiger partial charge is 0.454 e. The molecule has 3 aliphatic heterocycles. The highest BCUT2D eigenvalue weighted by atomic mass is 16.3. The highest BCUT2D eigenvalue weighted by molar-refractivity contribution is 7.00. The smallest absolute Gasteiger partial charge is 0.252 e. The SMILES string of the molecule is CC(C)(C)c1ccc(N2c3cc(N4c5ccc(C(C)(C)C)cc5C5(C)CCCCC45C)cc4c3B(c3cc5c(cc3N4c3cccc4c3oc3ccccc34)C(C)(C)CCC5(C)C)c3ccc4c(oc5ccccc54)c32)c(-c2ccccc2)c1. The number of furan rings is 2. The molecule has 1 saturated carbocycles. The van der Waals surface area contributed by atoms with E-state index in [2.05, 4.69) is 268 Å². The summed E-state index contributed by atoms with van der Waals surface area (Å²) in [6, 6.07) is 65.3. The Balaban J connectivity index is 1.10.